The van der Waals surface area contributed by atoms with Crippen LogP contribution in [0.5, 0.6) is 11.5 Å². The molecule has 0 unspecified atom stereocenters. The highest BCUT2D eigenvalue weighted by Gasteiger charge is 2.31. The molecular formula is C13H17F3N2O3. The van der Waals surface area contributed by atoms with Gasteiger partial charge in [-0.3, -0.25) is 4.79 Å². The van der Waals surface area contributed by atoms with Crippen LogP contribution in [0.3, 0.4) is 0 Å². The molecule has 21 heavy (non-hydrogen) atoms. The van der Waals surface area contributed by atoms with Gasteiger partial charge in [-0.1, -0.05) is 0 Å². The van der Waals surface area contributed by atoms with E-state index in [1.165, 1.54) is 13.2 Å². The van der Waals surface area contributed by atoms with Crippen LogP contribution in [0, 0.1) is 0 Å². The maximum absolute atomic E-state index is 12.2. The zero-order valence-corrected chi connectivity index (χ0v) is 12.0. The molecule has 0 bridgehead atoms. The molecule has 1 N–H and O–H groups in total. The average molecular weight is 306 g/mol. The van der Waals surface area contributed by atoms with Gasteiger partial charge in [0.15, 0.2) is 0 Å². The van der Waals surface area contributed by atoms with Crippen LogP contribution in [0.1, 0.15) is 10.4 Å². The Bertz CT molecular complexity index is 490. The number of carbonyl (C=O) groups is 1. The van der Waals surface area contributed by atoms with Gasteiger partial charge < -0.3 is 19.7 Å². The number of likely N-dealkylation sites (N-methyl/N-ethyl adjacent to an activating group) is 1. The molecule has 0 radical (unpaired) electrons. The molecule has 0 spiro atoms. The molecule has 1 aromatic rings. The second-order valence-corrected chi connectivity index (χ2v) is 4.47. The van der Waals surface area contributed by atoms with Crippen LogP contribution in [0.4, 0.5) is 13.2 Å². The zero-order valence-electron chi connectivity index (χ0n) is 12.0. The Labute approximate surface area is 120 Å². The number of ether oxygens (including phenoxy) is 2. The van der Waals surface area contributed by atoms with Gasteiger partial charge in [0.2, 0.25) is 0 Å². The predicted octanol–water partition coefficient (Wildman–Crippen LogP) is 1.89. The topological polar surface area (TPSA) is 50.8 Å². The summed E-state index contributed by atoms with van der Waals surface area (Å²) in [7, 11) is 5.01. The van der Waals surface area contributed by atoms with Crippen LogP contribution >= 0.6 is 0 Å². The van der Waals surface area contributed by atoms with E-state index in [-0.39, 0.29) is 11.3 Å². The lowest BCUT2D eigenvalue weighted by molar-refractivity contribution is -0.274. The summed E-state index contributed by atoms with van der Waals surface area (Å²) in [4.78, 5) is 13.8. The first-order valence-electron chi connectivity index (χ1n) is 6.09. The smallest absolute Gasteiger partial charge is 0.496 e. The fourth-order valence-corrected chi connectivity index (χ4v) is 1.55. The second kappa shape index (κ2) is 7.16. The van der Waals surface area contributed by atoms with Gasteiger partial charge in [0.05, 0.1) is 12.7 Å². The van der Waals surface area contributed by atoms with Crippen molar-refractivity contribution in [3.63, 3.8) is 0 Å². The van der Waals surface area contributed by atoms with Gasteiger partial charge in [-0.05, 0) is 32.3 Å². The molecule has 0 atom stereocenters. The highest BCUT2D eigenvalue weighted by molar-refractivity contribution is 5.97. The van der Waals surface area contributed by atoms with E-state index in [2.05, 4.69) is 10.1 Å². The minimum Gasteiger partial charge on any atom is -0.496 e. The monoisotopic (exact) mass is 306 g/mol. The first kappa shape index (κ1) is 17.1. The lowest BCUT2D eigenvalue weighted by Gasteiger charge is -2.14. The molecule has 0 aliphatic carbocycles. The third-order valence-electron chi connectivity index (χ3n) is 2.49. The summed E-state index contributed by atoms with van der Waals surface area (Å²) < 4.78 is 45.3. The number of carbonyl (C=O) groups excluding carboxylic acids is 1. The van der Waals surface area contributed by atoms with Crippen molar-refractivity contribution in [1.82, 2.24) is 10.2 Å². The van der Waals surface area contributed by atoms with Gasteiger partial charge >= 0.3 is 6.36 Å². The second-order valence-electron chi connectivity index (χ2n) is 4.47. The molecule has 5 nitrogen and oxygen atoms in total. The Balaban J connectivity index is 2.87. The highest BCUT2D eigenvalue weighted by atomic mass is 19.4. The van der Waals surface area contributed by atoms with Crippen molar-refractivity contribution >= 4 is 5.91 Å². The Morgan fingerprint density at radius 2 is 2.00 bits per heavy atom. The molecule has 0 aliphatic rings. The summed E-state index contributed by atoms with van der Waals surface area (Å²) in [6.45, 7) is 0.964. The molecule has 1 rings (SSSR count). The van der Waals surface area contributed by atoms with Crippen molar-refractivity contribution in [3.05, 3.63) is 23.8 Å². The van der Waals surface area contributed by atoms with Crippen LogP contribution in [0.25, 0.3) is 0 Å². The molecule has 1 amide bonds. The lowest BCUT2D eigenvalue weighted by atomic mass is 10.1. The van der Waals surface area contributed by atoms with Crippen LogP contribution in [-0.2, 0) is 0 Å². The van der Waals surface area contributed by atoms with Crippen LogP contribution in [0.2, 0.25) is 0 Å². The van der Waals surface area contributed by atoms with Crippen LogP contribution in [-0.4, -0.2) is 51.5 Å². The summed E-state index contributed by atoms with van der Waals surface area (Å²) in [5.41, 5.74) is -0.0157. The minimum absolute atomic E-state index is 0.0157. The van der Waals surface area contributed by atoms with E-state index >= 15 is 0 Å². The van der Waals surface area contributed by atoms with Crippen molar-refractivity contribution in [2.45, 2.75) is 6.36 Å². The number of hydrogen-bond acceptors (Lipinski definition) is 4. The number of alkyl halides is 3. The van der Waals surface area contributed by atoms with Gasteiger partial charge in [0.25, 0.3) is 5.91 Å². The largest absolute Gasteiger partial charge is 0.573 e. The number of halogens is 3. The first-order chi connectivity index (χ1) is 9.73. The summed E-state index contributed by atoms with van der Waals surface area (Å²) in [5, 5.41) is 2.60. The van der Waals surface area contributed by atoms with Crippen molar-refractivity contribution < 1.29 is 27.4 Å². The van der Waals surface area contributed by atoms with Crippen molar-refractivity contribution in [3.8, 4) is 11.5 Å². The third-order valence-corrected chi connectivity index (χ3v) is 2.49. The molecule has 0 heterocycles. The SMILES string of the molecule is COc1ccc(OC(F)(F)F)cc1C(=O)NCCN(C)C. The van der Waals surface area contributed by atoms with Crippen molar-refractivity contribution in [2.24, 2.45) is 0 Å². The van der Waals surface area contributed by atoms with E-state index in [9.17, 15) is 18.0 Å². The van der Waals surface area contributed by atoms with Gasteiger partial charge in [-0.15, -0.1) is 13.2 Å². The quantitative estimate of drug-likeness (QED) is 0.872. The molecule has 1 aromatic carbocycles. The van der Waals surface area contributed by atoms with E-state index in [0.29, 0.717) is 13.1 Å². The van der Waals surface area contributed by atoms with Gasteiger partial charge in [-0.2, -0.15) is 0 Å². The molecule has 0 saturated carbocycles. The number of methoxy groups -OCH3 is 1. The summed E-state index contributed by atoms with van der Waals surface area (Å²) in [6, 6.07) is 3.34. The van der Waals surface area contributed by atoms with E-state index in [1.54, 1.807) is 0 Å². The predicted molar refractivity (Wildman–Crippen MR) is 70.6 cm³/mol. The van der Waals surface area contributed by atoms with E-state index in [1.807, 2.05) is 19.0 Å². The standard InChI is InChI=1S/C13H17F3N2O3/c1-18(2)7-6-17-12(19)10-8-9(21-13(14,15)16)4-5-11(10)20-3/h4-5,8H,6-7H2,1-3H3,(H,17,19). The fraction of sp³-hybridized carbons (Fsp3) is 0.462. The van der Waals surface area contributed by atoms with Gasteiger partial charge in [-0.25, -0.2) is 0 Å². The summed E-state index contributed by atoms with van der Waals surface area (Å²) in [5.74, 6) is -0.825. The molecule has 8 heteroatoms. The third kappa shape index (κ3) is 5.90. The summed E-state index contributed by atoms with van der Waals surface area (Å²) >= 11 is 0. The number of benzene rings is 1. The van der Waals surface area contributed by atoms with Gasteiger partial charge in [0.1, 0.15) is 11.5 Å². The Morgan fingerprint density at radius 1 is 1.33 bits per heavy atom. The minimum atomic E-state index is -4.81. The molecular weight excluding hydrogens is 289 g/mol. The van der Waals surface area contributed by atoms with E-state index < -0.39 is 18.0 Å². The number of amides is 1. The first-order valence-corrected chi connectivity index (χ1v) is 6.09. The maximum Gasteiger partial charge on any atom is 0.573 e. The van der Waals surface area contributed by atoms with E-state index in [0.717, 1.165) is 12.1 Å². The number of hydrogen-bond donors (Lipinski definition) is 1. The fourth-order valence-electron chi connectivity index (χ4n) is 1.55. The van der Waals surface area contributed by atoms with Crippen LogP contribution < -0.4 is 14.8 Å². The number of nitrogens with one attached hydrogen (secondary N) is 1. The normalized spacial score (nSPS) is 11.4. The van der Waals surface area contributed by atoms with Crippen molar-refractivity contribution in [1.29, 1.82) is 0 Å². The number of nitrogens with zero attached hydrogens (tertiary/aromatic N) is 1. The van der Waals surface area contributed by atoms with Crippen molar-refractivity contribution in [2.75, 3.05) is 34.3 Å². The molecule has 118 valence electrons. The molecule has 0 saturated heterocycles. The molecule has 0 fully saturated rings. The van der Waals surface area contributed by atoms with Crippen LogP contribution in [0.15, 0.2) is 18.2 Å². The lowest BCUT2D eigenvalue weighted by Crippen LogP contribution is -2.31. The van der Waals surface area contributed by atoms with Gasteiger partial charge in [0, 0.05) is 13.1 Å². The molecule has 0 aromatic heterocycles. The zero-order chi connectivity index (χ0) is 16.0. The highest BCUT2D eigenvalue weighted by Crippen LogP contribution is 2.28. The van der Waals surface area contributed by atoms with E-state index in [4.69, 9.17) is 4.74 Å². The average Bonchev–Trinajstić information content (AvgIpc) is 2.36. The maximum atomic E-state index is 12.2. The molecule has 0 aliphatic heterocycles. The Hall–Kier alpha value is -1.96. The Kier molecular flexibility index (Phi) is 5.83. The number of rotatable bonds is 6. The summed E-state index contributed by atoms with van der Waals surface area (Å²) in [6.07, 6.45) is -4.81. The Morgan fingerprint density at radius 3 is 2.52 bits per heavy atom.